The topological polar surface area (TPSA) is 75.6 Å². The number of nitrogens with one attached hydrogen (secondary N) is 1. The Balaban J connectivity index is 2.63. The molecule has 1 aliphatic heterocycles. The van der Waals surface area contributed by atoms with Gasteiger partial charge in [0.25, 0.3) is 0 Å². The van der Waals surface area contributed by atoms with E-state index in [1.165, 1.54) is 7.11 Å². The molecule has 0 aliphatic carbocycles. The van der Waals surface area contributed by atoms with Crippen LogP contribution < -0.4 is 5.32 Å². The maximum Gasteiger partial charge on any atom is 0.310 e. The van der Waals surface area contributed by atoms with Crippen LogP contribution in [0.4, 0.5) is 0 Å². The molecule has 12 heavy (non-hydrogen) atoms. The van der Waals surface area contributed by atoms with E-state index in [1.54, 1.807) is 0 Å². The molecule has 1 fully saturated rings. The van der Waals surface area contributed by atoms with E-state index in [-0.39, 0.29) is 0 Å². The molecule has 1 saturated heterocycles. The highest BCUT2D eigenvalue weighted by molar-refractivity contribution is 5.82. The molecule has 2 atom stereocenters. The summed E-state index contributed by atoms with van der Waals surface area (Å²) in [4.78, 5) is 21.6. The van der Waals surface area contributed by atoms with E-state index < -0.39 is 23.8 Å². The van der Waals surface area contributed by atoms with Gasteiger partial charge in [-0.05, 0) is 0 Å². The summed E-state index contributed by atoms with van der Waals surface area (Å²) in [5.41, 5.74) is 0. The molecular weight excluding hydrogens is 162 g/mol. The number of ether oxygens (including phenoxy) is 1. The van der Waals surface area contributed by atoms with Gasteiger partial charge in [-0.1, -0.05) is 0 Å². The smallest absolute Gasteiger partial charge is 0.310 e. The lowest BCUT2D eigenvalue weighted by Crippen LogP contribution is -2.29. The lowest BCUT2D eigenvalue weighted by Gasteiger charge is -2.10. The fourth-order valence-corrected chi connectivity index (χ4v) is 1.34. The van der Waals surface area contributed by atoms with Crippen LogP contribution in [0.3, 0.4) is 0 Å². The second-order valence-corrected chi connectivity index (χ2v) is 2.73. The standard InChI is InChI=1S/C7H11NO4/c1-12-7(11)5-3-8-2-4(5)6(9)10/h4-5,8H,2-3H2,1H3,(H,9,10)/t4-,5+/m0/s1. The third kappa shape index (κ3) is 1.55. The maximum absolute atomic E-state index is 11.0. The van der Waals surface area contributed by atoms with Gasteiger partial charge in [0.2, 0.25) is 0 Å². The number of aliphatic carboxylic acids is 1. The Morgan fingerprint density at radius 2 is 2.00 bits per heavy atom. The first-order valence-electron chi connectivity index (χ1n) is 3.68. The van der Waals surface area contributed by atoms with Crippen LogP contribution in [0.5, 0.6) is 0 Å². The fraction of sp³-hybridized carbons (Fsp3) is 0.714. The van der Waals surface area contributed by atoms with E-state index >= 15 is 0 Å². The van der Waals surface area contributed by atoms with Crippen LogP contribution in [0.2, 0.25) is 0 Å². The van der Waals surface area contributed by atoms with Gasteiger partial charge in [-0.3, -0.25) is 9.59 Å². The van der Waals surface area contributed by atoms with Gasteiger partial charge in [-0.25, -0.2) is 0 Å². The molecule has 2 N–H and O–H groups in total. The molecule has 1 aliphatic rings. The van der Waals surface area contributed by atoms with E-state index in [4.69, 9.17) is 5.11 Å². The minimum Gasteiger partial charge on any atom is -0.481 e. The van der Waals surface area contributed by atoms with E-state index in [2.05, 4.69) is 10.1 Å². The van der Waals surface area contributed by atoms with Gasteiger partial charge in [0, 0.05) is 13.1 Å². The molecule has 0 saturated carbocycles. The Morgan fingerprint density at radius 1 is 1.42 bits per heavy atom. The summed E-state index contributed by atoms with van der Waals surface area (Å²) in [7, 11) is 1.26. The lowest BCUT2D eigenvalue weighted by molar-refractivity contribution is -0.153. The zero-order chi connectivity index (χ0) is 9.14. The van der Waals surface area contributed by atoms with Gasteiger partial charge in [0.05, 0.1) is 18.9 Å². The third-order valence-electron chi connectivity index (χ3n) is 2.04. The van der Waals surface area contributed by atoms with Gasteiger partial charge in [-0.15, -0.1) is 0 Å². The maximum atomic E-state index is 11.0. The normalized spacial score (nSPS) is 28.4. The molecule has 1 heterocycles. The molecule has 1 rings (SSSR count). The number of rotatable bonds is 2. The first kappa shape index (κ1) is 8.99. The van der Waals surface area contributed by atoms with E-state index in [0.717, 1.165) is 0 Å². The summed E-state index contributed by atoms with van der Waals surface area (Å²) in [5, 5.41) is 11.5. The fourth-order valence-electron chi connectivity index (χ4n) is 1.34. The minimum atomic E-state index is -0.949. The average molecular weight is 173 g/mol. The van der Waals surface area contributed by atoms with Gasteiger partial charge >= 0.3 is 11.9 Å². The van der Waals surface area contributed by atoms with Crippen molar-refractivity contribution in [3.05, 3.63) is 0 Å². The molecule has 0 bridgehead atoms. The first-order valence-corrected chi connectivity index (χ1v) is 3.68. The molecule has 5 nitrogen and oxygen atoms in total. The van der Waals surface area contributed by atoms with Crippen LogP contribution in [0, 0.1) is 11.8 Å². The summed E-state index contributed by atoms with van der Waals surface area (Å²) in [6.07, 6.45) is 0. The number of hydrogen-bond acceptors (Lipinski definition) is 4. The molecule has 0 radical (unpaired) electrons. The van der Waals surface area contributed by atoms with E-state index in [9.17, 15) is 9.59 Å². The summed E-state index contributed by atoms with van der Waals surface area (Å²) in [6, 6.07) is 0. The second kappa shape index (κ2) is 3.53. The van der Waals surface area contributed by atoms with Crippen LogP contribution in [-0.4, -0.2) is 37.2 Å². The molecule has 0 aromatic heterocycles. The Bertz CT molecular complexity index is 204. The van der Waals surface area contributed by atoms with Crippen molar-refractivity contribution in [2.45, 2.75) is 0 Å². The molecule has 0 spiro atoms. The lowest BCUT2D eigenvalue weighted by atomic mass is 9.97. The zero-order valence-electron chi connectivity index (χ0n) is 6.74. The molecular formula is C7H11NO4. The molecule has 5 heteroatoms. The summed E-state index contributed by atoms with van der Waals surface area (Å²) in [5.74, 6) is -2.58. The average Bonchev–Trinajstić information content (AvgIpc) is 2.50. The molecule has 0 aromatic rings. The number of methoxy groups -OCH3 is 1. The van der Waals surface area contributed by atoms with Crippen LogP contribution in [0.1, 0.15) is 0 Å². The predicted molar refractivity (Wildman–Crippen MR) is 39.5 cm³/mol. The van der Waals surface area contributed by atoms with Crippen molar-refractivity contribution in [1.29, 1.82) is 0 Å². The van der Waals surface area contributed by atoms with Crippen molar-refractivity contribution in [1.82, 2.24) is 5.32 Å². The Labute approximate surface area is 69.7 Å². The summed E-state index contributed by atoms with van der Waals surface area (Å²) >= 11 is 0. The quantitative estimate of drug-likeness (QED) is 0.528. The van der Waals surface area contributed by atoms with Crippen LogP contribution >= 0.6 is 0 Å². The molecule has 0 amide bonds. The van der Waals surface area contributed by atoms with Gasteiger partial charge in [0.15, 0.2) is 0 Å². The van der Waals surface area contributed by atoms with Crippen LogP contribution in [-0.2, 0) is 14.3 Å². The van der Waals surface area contributed by atoms with Gasteiger partial charge in [-0.2, -0.15) is 0 Å². The summed E-state index contributed by atoms with van der Waals surface area (Å²) < 4.78 is 4.47. The number of esters is 1. The highest BCUT2D eigenvalue weighted by Crippen LogP contribution is 2.17. The highest BCUT2D eigenvalue weighted by atomic mass is 16.5. The van der Waals surface area contributed by atoms with Crippen LogP contribution in [0.25, 0.3) is 0 Å². The number of hydrogen-bond donors (Lipinski definition) is 2. The van der Waals surface area contributed by atoms with Gasteiger partial charge in [0.1, 0.15) is 0 Å². The van der Waals surface area contributed by atoms with Crippen molar-refractivity contribution in [3.8, 4) is 0 Å². The molecule has 68 valence electrons. The number of carboxylic acid groups (broad SMARTS) is 1. The summed E-state index contributed by atoms with van der Waals surface area (Å²) in [6.45, 7) is 0.735. The second-order valence-electron chi connectivity index (χ2n) is 2.73. The van der Waals surface area contributed by atoms with Crippen molar-refractivity contribution >= 4 is 11.9 Å². The van der Waals surface area contributed by atoms with Gasteiger partial charge < -0.3 is 15.2 Å². The predicted octanol–water partition coefficient (Wildman–Crippen LogP) is -0.920. The zero-order valence-corrected chi connectivity index (χ0v) is 6.74. The monoisotopic (exact) mass is 173 g/mol. The SMILES string of the molecule is COC(=O)[C@@H]1CNC[C@@H]1C(=O)O. The molecule has 0 unspecified atom stereocenters. The number of carbonyl (C=O) groups excluding carboxylic acids is 1. The number of carbonyl (C=O) groups is 2. The minimum absolute atomic E-state index is 0.342. The molecule has 0 aromatic carbocycles. The van der Waals surface area contributed by atoms with Crippen molar-refractivity contribution < 1.29 is 19.4 Å². The van der Waals surface area contributed by atoms with Crippen LogP contribution in [0.15, 0.2) is 0 Å². The Morgan fingerprint density at radius 3 is 2.50 bits per heavy atom. The van der Waals surface area contributed by atoms with Crippen molar-refractivity contribution in [3.63, 3.8) is 0 Å². The van der Waals surface area contributed by atoms with Crippen molar-refractivity contribution in [2.24, 2.45) is 11.8 Å². The van der Waals surface area contributed by atoms with E-state index in [1.807, 2.05) is 0 Å². The third-order valence-corrected chi connectivity index (χ3v) is 2.04. The Hall–Kier alpha value is -1.10. The van der Waals surface area contributed by atoms with Crippen molar-refractivity contribution in [2.75, 3.05) is 20.2 Å². The largest absolute Gasteiger partial charge is 0.481 e. The van der Waals surface area contributed by atoms with E-state index in [0.29, 0.717) is 13.1 Å². The Kier molecular flexibility index (Phi) is 2.65. The highest BCUT2D eigenvalue weighted by Gasteiger charge is 2.38. The first-order chi connectivity index (χ1) is 5.66. The number of carboxylic acids is 1.